The fourth-order valence-electron chi connectivity index (χ4n) is 0.372. The highest BCUT2D eigenvalue weighted by Gasteiger charge is 1.95. The van der Waals surface area contributed by atoms with Crippen molar-refractivity contribution in [1.82, 2.24) is 4.90 Å². The van der Waals surface area contributed by atoms with Crippen molar-refractivity contribution in [3.63, 3.8) is 0 Å². The van der Waals surface area contributed by atoms with E-state index < -0.39 is 0 Å². The molecule has 0 amide bonds. The fourth-order valence-corrected chi connectivity index (χ4v) is 0.372. The number of hydrogen-bond donors (Lipinski definition) is 0. The molecule has 0 aromatic rings. The molecule has 0 aliphatic rings. The average molecular weight is 142 g/mol. The van der Waals surface area contributed by atoms with E-state index in [0.717, 1.165) is 0 Å². The van der Waals surface area contributed by atoms with Crippen molar-refractivity contribution < 1.29 is 0 Å². The molecule has 0 spiro atoms. The lowest BCUT2D eigenvalue weighted by molar-refractivity contribution is 0.427. The maximum atomic E-state index is 4.25. The van der Waals surface area contributed by atoms with Crippen molar-refractivity contribution in [2.45, 2.75) is 39.8 Å². The molecule has 0 rings (SSSR count). The van der Waals surface area contributed by atoms with Gasteiger partial charge >= 0.3 is 0 Å². The second-order valence-electron chi connectivity index (χ2n) is 3.12. The molecule has 0 aliphatic heterocycles. The molecule has 0 aliphatic carbocycles. The van der Waals surface area contributed by atoms with E-state index in [1.807, 2.05) is 13.4 Å². The lowest BCUT2D eigenvalue weighted by Gasteiger charge is -2.17. The Morgan fingerprint density at radius 3 is 2.00 bits per heavy atom. The Kier molecular flexibility index (Phi) is 4.08. The molecule has 0 bridgehead atoms. The summed E-state index contributed by atoms with van der Waals surface area (Å²) < 4.78 is 0. The smallest absolute Gasteiger partial charge is 0.0852 e. The van der Waals surface area contributed by atoms with Crippen LogP contribution in [0.15, 0.2) is 4.99 Å². The van der Waals surface area contributed by atoms with E-state index in [0.29, 0.717) is 12.1 Å². The predicted octanol–water partition coefficient (Wildman–Crippen LogP) is 1.76. The van der Waals surface area contributed by atoms with Crippen LogP contribution in [0.25, 0.3) is 0 Å². The van der Waals surface area contributed by atoms with E-state index in [4.69, 9.17) is 0 Å². The molecule has 0 aromatic carbocycles. The lowest BCUT2D eigenvalue weighted by Crippen LogP contribution is -2.24. The second-order valence-corrected chi connectivity index (χ2v) is 3.12. The third-order valence-corrected chi connectivity index (χ3v) is 1.36. The summed E-state index contributed by atoms with van der Waals surface area (Å²) in [6.07, 6.45) is 1.90. The van der Waals surface area contributed by atoms with Crippen LogP contribution in [0.3, 0.4) is 0 Å². The fraction of sp³-hybridized carbons (Fsp3) is 0.875. The minimum absolute atomic E-state index is 0.404. The van der Waals surface area contributed by atoms with Crippen LogP contribution in [0.4, 0.5) is 0 Å². The maximum absolute atomic E-state index is 4.25. The zero-order valence-corrected chi connectivity index (χ0v) is 7.63. The van der Waals surface area contributed by atoms with Gasteiger partial charge in [-0.1, -0.05) is 0 Å². The molecular weight excluding hydrogens is 124 g/mol. The first kappa shape index (κ1) is 9.47. The number of aliphatic imine (C=N–C) groups is 1. The van der Waals surface area contributed by atoms with Gasteiger partial charge in [-0.2, -0.15) is 0 Å². The van der Waals surface area contributed by atoms with Crippen LogP contribution in [0.2, 0.25) is 0 Å². The molecule has 0 radical (unpaired) electrons. The van der Waals surface area contributed by atoms with Crippen LogP contribution in [-0.4, -0.2) is 30.4 Å². The minimum Gasteiger partial charge on any atom is -0.364 e. The van der Waals surface area contributed by atoms with Crippen LogP contribution in [0, 0.1) is 0 Å². The van der Waals surface area contributed by atoms with Crippen LogP contribution in [-0.2, 0) is 0 Å². The summed E-state index contributed by atoms with van der Waals surface area (Å²) in [7, 11) is 2.04. The number of nitrogens with zero attached hydrogens (tertiary/aromatic N) is 2. The number of rotatable bonds is 3. The number of hydrogen-bond acceptors (Lipinski definition) is 1. The minimum atomic E-state index is 0.404. The molecule has 2 heteroatoms. The molecule has 0 saturated carbocycles. The Hall–Kier alpha value is -0.530. The summed E-state index contributed by atoms with van der Waals surface area (Å²) >= 11 is 0. The molecule has 60 valence electrons. The van der Waals surface area contributed by atoms with Gasteiger partial charge in [0.15, 0.2) is 0 Å². The van der Waals surface area contributed by atoms with Gasteiger partial charge in [0.05, 0.1) is 6.34 Å². The van der Waals surface area contributed by atoms with Gasteiger partial charge in [0.1, 0.15) is 0 Å². The predicted molar refractivity (Wildman–Crippen MR) is 46.5 cm³/mol. The van der Waals surface area contributed by atoms with Gasteiger partial charge in [-0.25, -0.2) is 0 Å². The lowest BCUT2D eigenvalue weighted by atomic mass is 10.4. The summed E-state index contributed by atoms with van der Waals surface area (Å²) in [6, 6.07) is 0.948. The maximum Gasteiger partial charge on any atom is 0.0852 e. The highest BCUT2D eigenvalue weighted by Crippen LogP contribution is 1.90. The summed E-state index contributed by atoms with van der Waals surface area (Å²) in [5.41, 5.74) is 0. The monoisotopic (exact) mass is 142 g/mol. The van der Waals surface area contributed by atoms with Gasteiger partial charge in [0.25, 0.3) is 0 Å². The molecule has 0 fully saturated rings. The third-order valence-electron chi connectivity index (χ3n) is 1.36. The van der Waals surface area contributed by atoms with Crippen LogP contribution < -0.4 is 0 Å². The third kappa shape index (κ3) is 4.36. The topological polar surface area (TPSA) is 15.6 Å². The van der Waals surface area contributed by atoms with Gasteiger partial charge in [0.2, 0.25) is 0 Å². The summed E-state index contributed by atoms with van der Waals surface area (Å²) in [6.45, 7) is 8.44. The highest BCUT2D eigenvalue weighted by molar-refractivity contribution is 5.54. The summed E-state index contributed by atoms with van der Waals surface area (Å²) in [4.78, 5) is 6.34. The molecule has 0 saturated heterocycles. The van der Waals surface area contributed by atoms with Gasteiger partial charge in [-0.05, 0) is 27.7 Å². The zero-order chi connectivity index (χ0) is 8.15. The van der Waals surface area contributed by atoms with E-state index in [1.54, 1.807) is 0 Å². The van der Waals surface area contributed by atoms with Crippen molar-refractivity contribution in [2.24, 2.45) is 4.99 Å². The quantitative estimate of drug-likeness (QED) is 0.433. The Balaban J connectivity index is 3.66. The van der Waals surface area contributed by atoms with E-state index in [2.05, 4.69) is 37.6 Å². The van der Waals surface area contributed by atoms with Gasteiger partial charge < -0.3 is 4.90 Å². The zero-order valence-electron chi connectivity index (χ0n) is 7.63. The first-order valence-corrected chi connectivity index (χ1v) is 3.79. The second kappa shape index (κ2) is 4.31. The van der Waals surface area contributed by atoms with Gasteiger partial charge in [0, 0.05) is 19.1 Å². The van der Waals surface area contributed by atoms with E-state index in [9.17, 15) is 0 Å². The summed E-state index contributed by atoms with van der Waals surface area (Å²) in [5.74, 6) is 0. The van der Waals surface area contributed by atoms with Crippen LogP contribution in [0.1, 0.15) is 27.7 Å². The van der Waals surface area contributed by atoms with E-state index in [1.165, 1.54) is 0 Å². The SMILES string of the molecule is CC(C)N=CN(C)C(C)C. The molecular formula is C8H18N2. The largest absolute Gasteiger partial charge is 0.364 e. The van der Waals surface area contributed by atoms with Crippen molar-refractivity contribution in [2.75, 3.05) is 7.05 Å². The average Bonchev–Trinajstić information content (AvgIpc) is 1.82. The van der Waals surface area contributed by atoms with Crippen LogP contribution >= 0.6 is 0 Å². The van der Waals surface area contributed by atoms with Crippen molar-refractivity contribution in [3.8, 4) is 0 Å². The van der Waals surface area contributed by atoms with Gasteiger partial charge in [-0.3, -0.25) is 4.99 Å². The first-order valence-electron chi connectivity index (χ1n) is 3.79. The van der Waals surface area contributed by atoms with Crippen molar-refractivity contribution in [1.29, 1.82) is 0 Å². The Morgan fingerprint density at radius 2 is 1.70 bits per heavy atom. The highest BCUT2D eigenvalue weighted by atomic mass is 15.1. The Morgan fingerprint density at radius 1 is 1.20 bits per heavy atom. The van der Waals surface area contributed by atoms with E-state index in [-0.39, 0.29) is 0 Å². The Bertz CT molecular complexity index is 106. The molecule has 0 atom stereocenters. The molecule has 10 heavy (non-hydrogen) atoms. The van der Waals surface area contributed by atoms with Crippen molar-refractivity contribution >= 4 is 6.34 Å². The molecule has 0 heterocycles. The molecule has 2 nitrogen and oxygen atoms in total. The van der Waals surface area contributed by atoms with E-state index >= 15 is 0 Å². The normalized spacial score (nSPS) is 11.9. The Labute approximate surface area is 63.9 Å². The standard InChI is InChI=1S/C8H18N2/c1-7(2)9-6-10(5)8(3)4/h6-8H,1-5H3. The summed E-state index contributed by atoms with van der Waals surface area (Å²) in [5, 5.41) is 0. The first-order chi connectivity index (χ1) is 4.54. The molecule has 0 N–H and O–H groups in total. The molecule has 0 aromatic heterocycles. The molecule has 0 unspecified atom stereocenters. The van der Waals surface area contributed by atoms with Crippen LogP contribution in [0.5, 0.6) is 0 Å². The van der Waals surface area contributed by atoms with Crippen molar-refractivity contribution in [3.05, 3.63) is 0 Å². The van der Waals surface area contributed by atoms with Gasteiger partial charge in [-0.15, -0.1) is 0 Å².